The predicted octanol–water partition coefficient (Wildman–Crippen LogP) is 5.77. The number of hydrogen-bond donors (Lipinski definition) is 0. The monoisotopic (exact) mass is 370 g/mol. The van der Waals surface area contributed by atoms with Crippen molar-refractivity contribution in [1.82, 2.24) is 0 Å². The minimum atomic E-state index is 0. The third kappa shape index (κ3) is 2.47. The predicted molar refractivity (Wildman–Crippen MR) is 117 cm³/mol. The Kier molecular flexibility index (Phi) is 4.66. The molecule has 142 valence electrons. The lowest BCUT2D eigenvalue weighted by Gasteiger charge is -2.11. The minimum Gasteiger partial charge on any atom is -0.123 e. The van der Waals surface area contributed by atoms with Crippen LogP contribution in [0, 0.1) is 0 Å². The van der Waals surface area contributed by atoms with Gasteiger partial charge in [-0.15, -0.1) is 9.13 Å². The second-order valence-electron chi connectivity index (χ2n) is 7.73. The number of hydrogen-bond acceptors (Lipinski definition) is 0. The second kappa shape index (κ2) is 7.01. The van der Waals surface area contributed by atoms with Gasteiger partial charge in [-0.25, -0.2) is 0 Å². The van der Waals surface area contributed by atoms with Crippen LogP contribution in [0.4, 0.5) is 0 Å². The largest absolute Gasteiger partial charge is 0.351 e. The normalized spacial score (nSPS) is 13.7. The van der Waals surface area contributed by atoms with E-state index < -0.39 is 0 Å². The van der Waals surface area contributed by atoms with Crippen LogP contribution in [-0.4, -0.2) is 0 Å². The maximum Gasteiger partial charge on any atom is 0.351 e. The molecule has 2 aromatic heterocycles. The van der Waals surface area contributed by atoms with E-state index >= 15 is 0 Å². The van der Waals surface area contributed by atoms with Crippen molar-refractivity contribution in [3.8, 4) is 11.4 Å². The Bertz CT molecular complexity index is 1100. The lowest BCUT2D eigenvalue weighted by molar-refractivity contribution is -0.884. The zero-order valence-corrected chi connectivity index (χ0v) is 16.4. The van der Waals surface area contributed by atoms with Crippen molar-refractivity contribution in [2.75, 3.05) is 0 Å². The quantitative estimate of drug-likeness (QED) is 0.347. The Morgan fingerprint density at radius 2 is 1.14 bits per heavy atom. The van der Waals surface area contributed by atoms with Crippen LogP contribution in [0.25, 0.3) is 33.2 Å². The highest BCUT2D eigenvalue weighted by Crippen LogP contribution is 2.36. The number of rotatable bonds is 0. The molecule has 0 amide bonds. The molecule has 0 N–H and O–H groups in total. The molecule has 28 heavy (non-hydrogen) atoms. The van der Waals surface area contributed by atoms with Gasteiger partial charge in [-0.3, -0.25) is 0 Å². The van der Waals surface area contributed by atoms with Crippen LogP contribution in [0.3, 0.4) is 0 Å². The highest BCUT2D eigenvalue weighted by molar-refractivity contribution is 5.83. The van der Waals surface area contributed by atoms with Gasteiger partial charge < -0.3 is 0 Å². The van der Waals surface area contributed by atoms with Crippen LogP contribution in [0.2, 0.25) is 0 Å². The lowest BCUT2D eigenvalue weighted by Crippen LogP contribution is -2.51. The first-order valence-corrected chi connectivity index (χ1v) is 10.2. The Labute approximate surface area is 168 Å². The standard InChI is InChI=1S/C22H18N2.C3H8.CH4/c1-14-23-19-8-4-2-6-15(19)12-17-10-11-18-13-16-7-3-5-9-20(16)24(14)22(18)21(17)23;1-3-2;/h2-9,12-14H,10-11H2,1H3;3H2,1-2H3;1H4/q+2;;. The molecular formula is C26H30N2+2. The molecular weight excluding hydrogens is 340 g/mol. The molecule has 2 heteroatoms. The smallest absolute Gasteiger partial charge is 0.123 e. The summed E-state index contributed by atoms with van der Waals surface area (Å²) < 4.78 is 5.10. The summed E-state index contributed by atoms with van der Waals surface area (Å²) in [6.45, 7) is 6.58. The van der Waals surface area contributed by atoms with Gasteiger partial charge in [0.25, 0.3) is 11.4 Å². The van der Waals surface area contributed by atoms with Gasteiger partial charge in [0, 0.05) is 34.0 Å². The average molecular weight is 371 g/mol. The average Bonchev–Trinajstić information content (AvgIpc) is 3.01. The van der Waals surface area contributed by atoms with Crippen molar-refractivity contribution < 1.29 is 9.13 Å². The molecule has 0 atom stereocenters. The van der Waals surface area contributed by atoms with Gasteiger partial charge in [0.1, 0.15) is 0 Å². The summed E-state index contributed by atoms with van der Waals surface area (Å²) in [6, 6.07) is 22.4. The van der Waals surface area contributed by atoms with Crippen molar-refractivity contribution in [2.45, 2.75) is 53.6 Å². The molecule has 2 aromatic carbocycles. The van der Waals surface area contributed by atoms with Gasteiger partial charge in [-0.1, -0.05) is 52.0 Å². The number of fused-ring (bicyclic) bond motifs is 4. The van der Waals surface area contributed by atoms with E-state index in [1.54, 1.807) is 0 Å². The molecule has 2 aliphatic rings. The molecule has 0 saturated carbocycles. The van der Waals surface area contributed by atoms with E-state index in [0.29, 0.717) is 6.17 Å². The number of pyridine rings is 2. The van der Waals surface area contributed by atoms with Gasteiger partial charge in [-0.05, 0) is 37.1 Å². The van der Waals surface area contributed by atoms with Crippen LogP contribution in [0.15, 0.2) is 60.7 Å². The molecule has 1 aliphatic heterocycles. The molecule has 0 unspecified atom stereocenters. The van der Waals surface area contributed by atoms with E-state index in [0.717, 1.165) is 12.8 Å². The molecule has 0 radical (unpaired) electrons. The number of benzene rings is 2. The van der Waals surface area contributed by atoms with Crippen molar-refractivity contribution in [3.05, 3.63) is 71.8 Å². The van der Waals surface area contributed by atoms with Crippen molar-refractivity contribution >= 4 is 21.8 Å². The molecule has 0 spiro atoms. The van der Waals surface area contributed by atoms with Gasteiger partial charge in [-0.2, -0.15) is 0 Å². The first kappa shape index (κ1) is 18.6. The van der Waals surface area contributed by atoms with Gasteiger partial charge in [0.05, 0.1) is 6.92 Å². The summed E-state index contributed by atoms with van der Waals surface area (Å²) in [5, 5.41) is 2.70. The van der Waals surface area contributed by atoms with E-state index in [1.165, 1.54) is 50.7 Å². The third-order valence-corrected chi connectivity index (χ3v) is 5.78. The van der Waals surface area contributed by atoms with Crippen LogP contribution in [-0.2, 0) is 12.8 Å². The molecule has 6 rings (SSSR count). The molecule has 0 fully saturated rings. The van der Waals surface area contributed by atoms with Crippen molar-refractivity contribution in [3.63, 3.8) is 0 Å². The highest BCUT2D eigenvalue weighted by atomic mass is 15.3. The Morgan fingerprint density at radius 1 is 0.750 bits per heavy atom. The maximum atomic E-state index is 2.55. The van der Waals surface area contributed by atoms with Crippen LogP contribution in [0.1, 0.15) is 51.9 Å². The first-order chi connectivity index (χ1) is 13.2. The Hall–Kier alpha value is -2.74. The zero-order chi connectivity index (χ0) is 18.5. The van der Waals surface area contributed by atoms with Gasteiger partial charge in [0.2, 0.25) is 11.0 Å². The van der Waals surface area contributed by atoms with Crippen LogP contribution in [0.5, 0.6) is 0 Å². The summed E-state index contributed by atoms with van der Waals surface area (Å²) >= 11 is 0. The van der Waals surface area contributed by atoms with Gasteiger partial charge >= 0.3 is 6.17 Å². The third-order valence-electron chi connectivity index (χ3n) is 5.78. The first-order valence-electron chi connectivity index (χ1n) is 10.2. The second-order valence-corrected chi connectivity index (χ2v) is 7.73. The number of para-hydroxylation sites is 2. The molecule has 4 aromatic rings. The van der Waals surface area contributed by atoms with E-state index in [4.69, 9.17) is 0 Å². The summed E-state index contributed by atoms with van der Waals surface area (Å²) in [5.74, 6) is 0. The fraction of sp³-hybridized carbons (Fsp3) is 0.308. The van der Waals surface area contributed by atoms with E-state index in [9.17, 15) is 0 Å². The number of aryl methyl sites for hydroxylation is 2. The van der Waals surface area contributed by atoms with Crippen molar-refractivity contribution in [1.29, 1.82) is 0 Å². The molecule has 0 saturated heterocycles. The summed E-state index contributed by atoms with van der Waals surface area (Å²) in [7, 11) is 0. The maximum absolute atomic E-state index is 2.55. The molecule has 1 aliphatic carbocycles. The topological polar surface area (TPSA) is 7.76 Å². The van der Waals surface area contributed by atoms with Crippen molar-refractivity contribution in [2.24, 2.45) is 0 Å². The van der Waals surface area contributed by atoms with E-state index in [-0.39, 0.29) is 7.43 Å². The molecule has 0 bridgehead atoms. The highest BCUT2D eigenvalue weighted by Gasteiger charge is 2.48. The summed E-state index contributed by atoms with van der Waals surface area (Å²) in [4.78, 5) is 0. The van der Waals surface area contributed by atoms with Gasteiger partial charge in [0.15, 0.2) is 0 Å². The fourth-order valence-electron chi connectivity index (χ4n) is 4.79. The van der Waals surface area contributed by atoms with E-state index in [1.807, 2.05) is 0 Å². The Balaban J connectivity index is 0.000000454. The molecule has 2 nitrogen and oxygen atoms in total. The SMILES string of the molecule is C.CC1[n+]2c3c(cc4ccccc42)CCc2cc4ccccc4[n+]1c2-3.CCC. The van der Waals surface area contributed by atoms with E-state index in [2.05, 4.69) is 90.6 Å². The number of aromatic nitrogens is 2. The summed E-state index contributed by atoms with van der Waals surface area (Å²) in [6.07, 6.45) is 3.83. The number of nitrogens with zero attached hydrogens (tertiary/aromatic N) is 2. The molecule has 3 heterocycles. The fourth-order valence-corrected chi connectivity index (χ4v) is 4.79. The van der Waals surface area contributed by atoms with Crippen LogP contribution >= 0.6 is 0 Å². The minimum absolute atomic E-state index is 0. The van der Waals surface area contributed by atoms with Crippen LogP contribution < -0.4 is 9.13 Å². The lowest BCUT2D eigenvalue weighted by atomic mass is 9.91. The summed E-state index contributed by atoms with van der Waals surface area (Å²) in [5.41, 5.74) is 8.54. The zero-order valence-electron chi connectivity index (χ0n) is 16.4. The Morgan fingerprint density at radius 3 is 1.57 bits per heavy atom.